The Balaban J connectivity index is 2.82. The fourth-order valence-electron chi connectivity index (χ4n) is 1.68. The van der Waals surface area contributed by atoms with Crippen LogP contribution in [-0.2, 0) is 10.1 Å². The Morgan fingerprint density at radius 1 is 1.35 bits per heavy atom. The van der Waals surface area contributed by atoms with Crippen LogP contribution in [0.4, 0.5) is 5.69 Å². The molecule has 0 saturated heterocycles. The number of benzene rings is 1. The molecule has 0 bridgehead atoms. The lowest BCUT2D eigenvalue weighted by atomic mass is 10.2. The molecule has 2 aromatic rings. The first kappa shape index (κ1) is 11.8. The summed E-state index contributed by atoms with van der Waals surface area (Å²) in [5, 5.41) is 3.62. The lowest BCUT2D eigenvalue weighted by molar-refractivity contribution is 0.483. The van der Waals surface area contributed by atoms with Crippen LogP contribution in [0.2, 0.25) is 0 Å². The Kier molecular flexibility index (Phi) is 2.99. The highest BCUT2D eigenvalue weighted by Gasteiger charge is 2.18. The number of para-hydroxylation sites is 1. The van der Waals surface area contributed by atoms with Crippen molar-refractivity contribution < 1.29 is 13.0 Å². The van der Waals surface area contributed by atoms with Crippen molar-refractivity contribution in [3.05, 3.63) is 30.5 Å². The van der Waals surface area contributed by atoms with E-state index in [1.807, 2.05) is 13.0 Å². The summed E-state index contributed by atoms with van der Waals surface area (Å²) < 4.78 is 31.6. The number of nitrogens with zero attached hydrogens (tertiary/aromatic N) is 1. The van der Waals surface area contributed by atoms with Gasteiger partial charge in [0.15, 0.2) is 0 Å². The van der Waals surface area contributed by atoms with Gasteiger partial charge in [-0.05, 0) is 13.0 Å². The zero-order chi connectivity index (χ0) is 12.5. The molecule has 0 aliphatic rings. The maximum absolute atomic E-state index is 11.2. The first-order valence-corrected chi connectivity index (χ1v) is 6.57. The molecular weight excluding hydrogens is 240 g/mol. The lowest BCUT2D eigenvalue weighted by Gasteiger charge is -2.11. The van der Waals surface area contributed by atoms with Gasteiger partial charge in [-0.1, -0.05) is 18.2 Å². The Morgan fingerprint density at radius 2 is 2.06 bits per heavy atom. The number of pyridine rings is 1. The number of anilines is 1. The zero-order valence-electron chi connectivity index (χ0n) is 9.21. The maximum atomic E-state index is 11.2. The smallest absolute Gasteiger partial charge is 0.298 e. The van der Waals surface area contributed by atoms with Gasteiger partial charge >= 0.3 is 0 Å². The topological polar surface area (TPSA) is 79.3 Å². The molecule has 1 aromatic carbocycles. The largest absolute Gasteiger partial charge is 0.384 e. The minimum absolute atomic E-state index is 0.196. The number of rotatable bonds is 3. The lowest BCUT2D eigenvalue weighted by Crippen LogP contribution is -2.07. The molecule has 17 heavy (non-hydrogen) atoms. The van der Waals surface area contributed by atoms with Gasteiger partial charge in [-0.15, -0.1) is 0 Å². The summed E-state index contributed by atoms with van der Waals surface area (Å²) in [6.45, 7) is 2.40. The summed E-state index contributed by atoms with van der Waals surface area (Å²) >= 11 is 0. The summed E-state index contributed by atoms with van der Waals surface area (Å²) in [4.78, 5) is 3.82. The van der Waals surface area contributed by atoms with Gasteiger partial charge in [0.05, 0.1) is 17.4 Å². The van der Waals surface area contributed by atoms with Crippen molar-refractivity contribution in [2.24, 2.45) is 0 Å². The predicted octanol–water partition coefficient (Wildman–Crippen LogP) is 1.91. The van der Waals surface area contributed by atoms with E-state index in [-0.39, 0.29) is 4.90 Å². The summed E-state index contributed by atoms with van der Waals surface area (Å²) in [5.41, 5.74) is 1.07. The summed E-state index contributed by atoms with van der Waals surface area (Å²) in [5.74, 6) is 0. The van der Waals surface area contributed by atoms with E-state index in [0.29, 0.717) is 23.1 Å². The zero-order valence-corrected chi connectivity index (χ0v) is 10.0. The van der Waals surface area contributed by atoms with E-state index in [1.54, 1.807) is 18.2 Å². The van der Waals surface area contributed by atoms with Crippen molar-refractivity contribution in [2.45, 2.75) is 11.8 Å². The van der Waals surface area contributed by atoms with Gasteiger partial charge in [0, 0.05) is 11.9 Å². The Morgan fingerprint density at radius 3 is 2.71 bits per heavy atom. The van der Waals surface area contributed by atoms with Crippen LogP contribution in [0.3, 0.4) is 0 Å². The molecule has 1 aromatic heterocycles. The van der Waals surface area contributed by atoms with E-state index in [2.05, 4.69) is 10.3 Å². The van der Waals surface area contributed by atoms with Crippen LogP contribution in [0.1, 0.15) is 6.92 Å². The predicted molar refractivity (Wildman–Crippen MR) is 65.7 cm³/mol. The van der Waals surface area contributed by atoms with Crippen LogP contribution in [-0.4, -0.2) is 24.5 Å². The van der Waals surface area contributed by atoms with Crippen molar-refractivity contribution in [1.82, 2.24) is 4.98 Å². The van der Waals surface area contributed by atoms with Gasteiger partial charge in [0.1, 0.15) is 4.90 Å². The Hall–Kier alpha value is -1.66. The van der Waals surface area contributed by atoms with Crippen molar-refractivity contribution in [3.63, 3.8) is 0 Å². The molecule has 0 saturated carbocycles. The molecule has 2 rings (SSSR count). The Labute approximate surface area is 99.2 Å². The van der Waals surface area contributed by atoms with Crippen LogP contribution in [0.5, 0.6) is 0 Å². The van der Waals surface area contributed by atoms with Crippen LogP contribution in [0.25, 0.3) is 10.9 Å². The third-order valence-corrected chi connectivity index (χ3v) is 3.24. The summed E-state index contributed by atoms with van der Waals surface area (Å²) in [6.07, 6.45) is 1.16. The minimum atomic E-state index is -4.27. The standard InChI is InChI=1S/C11H12N2O3S/c1-2-12-11-8-5-3-4-6-9(8)13-7-10(11)17(14,15)16/h3-7H,2H2,1H3,(H,12,13)(H,14,15,16). The first-order chi connectivity index (χ1) is 8.04. The quantitative estimate of drug-likeness (QED) is 0.816. The Bertz CT molecular complexity index is 653. The molecular formula is C11H12N2O3S. The van der Waals surface area contributed by atoms with Gasteiger partial charge in [-0.3, -0.25) is 9.54 Å². The fraction of sp³-hybridized carbons (Fsp3) is 0.182. The molecule has 90 valence electrons. The second-order valence-electron chi connectivity index (χ2n) is 3.52. The van der Waals surface area contributed by atoms with E-state index in [0.717, 1.165) is 6.20 Å². The highest BCUT2D eigenvalue weighted by atomic mass is 32.2. The number of hydrogen-bond donors (Lipinski definition) is 2. The van der Waals surface area contributed by atoms with Crippen molar-refractivity contribution in [3.8, 4) is 0 Å². The van der Waals surface area contributed by atoms with Crippen LogP contribution in [0.15, 0.2) is 35.4 Å². The molecule has 0 atom stereocenters. The molecule has 0 fully saturated rings. The molecule has 0 amide bonds. The van der Waals surface area contributed by atoms with E-state index in [9.17, 15) is 8.42 Å². The van der Waals surface area contributed by atoms with Crippen LogP contribution >= 0.6 is 0 Å². The van der Waals surface area contributed by atoms with Crippen molar-refractivity contribution >= 4 is 26.7 Å². The molecule has 5 nitrogen and oxygen atoms in total. The number of hydrogen-bond acceptors (Lipinski definition) is 4. The molecule has 0 aliphatic heterocycles. The van der Waals surface area contributed by atoms with Gasteiger partial charge in [-0.25, -0.2) is 0 Å². The van der Waals surface area contributed by atoms with E-state index < -0.39 is 10.1 Å². The molecule has 0 radical (unpaired) electrons. The fourth-order valence-corrected chi connectivity index (χ4v) is 2.30. The van der Waals surface area contributed by atoms with Gasteiger partial charge in [0.2, 0.25) is 0 Å². The van der Waals surface area contributed by atoms with E-state index in [1.165, 1.54) is 0 Å². The monoisotopic (exact) mass is 252 g/mol. The molecule has 1 heterocycles. The van der Waals surface area contributed by atoms with E-state index in [4.69, 9.17) is 4.55 Å². The molecule has 6 heteroatoms. The second kappa shape index (κ2) is 4.31. The maximum Gasteiger partial charge on any atom is 0.298 e. The van der Waals surface area contributed by atoms with Crippen molar-refractivity contribution in [2.75, 3.05) is 11.9 Å². The third kappa shape index (κ3) is 2.22. The highest BCUT2D eigenvalue weighted by Crippen LogP contribution is 2.28. The normalized spacial score (nSPS) is 11.6. The number of aromatic nitrogens is 1. The van der Waals surface area contributed by atoms with Crippen molar-refractivity contribution in [1.29, 1.82) is 0 Å². The summed E-state index contributed by atoms with van der Waals surface area (Å²) in [7, 11) is -4.27. The SMILES string of the molecule is CCNc1c(S(=O)(=O)O)cnc2ccccc12. The summed E-state index contributed by atoms with van der Waals surface area (Å²) in [6, 6.07) is 7.15. The van der Waals surface area contributed by atoms with Gasteiger partial charge in [0.25, 0.3) is 10.1 Å². The van der Waals surface area contributed by atoms with Gasteiger partial charge in [-0.2, -0.15) is 8.42 Å². The third-order valence-electron chi connectivity index (χ3n) is 2.37. The average Bonchev–Trinajstić information content (AvgIpc) is 2.28. The first-order valence-electron chi connectivity index (χ1n) is 5.13. The number of fused-ring (bicyclic) bond motifs is 1. The van der Waals surface area contributed by atoms with Crippen LogP contribution < -0.4 is 5.32 Å². The van der Waals surface area contributed by atoms with Gasteiger partial charge < -0.3 is 5.32 Å². The molecule has 0 unspecified atom stereocenters. The minimum Gasteiger partial charge on any atom is -0.384 e. The second-order valence-corrected chi connectivity index (χ2v) is 4.91. The highest BCUT2D eigenvalue weighted by molar-refractivity contribution is 7.86. The number of nitrogens with one attached hydrogen (secondary N) is 1. The average molecular weight is 252 g/mol. The van der Waals surface area contributed by atoms with Crippen LogP contribution in [0, 0.1) is 0 Å². The molecule has 0 spiro atoms. The van der Waals surface area contributed by atoms with E-state index >= 15 is 0 Å². The molecule has 0 aliphatic carbocycles. The molecule has 2 N–H and O–H groups in total.